The van der Waals surface area contributed by atoms with Crippen LogP contribution in [-0.4, -0.2) is 75.7 Å². The second-order valence-corrected chi connectivity index (χ2v) is 9.06. The molecule has 3 rings (SSSR count). The van der Waals surface area contributed by atoms with Crippen molar-refractivity contribution in [3.8, 4) is 6.07 Å². The van der Waals surface area contributed by atoms with Gasteiger partial charge in [0, 0.05) is 31.1 Å². The van der Waals surface area contributed by atoms with Crippen molar-refractivity contribution in [2.45, 2.75) is 41.9 Å². The van der Waals surface area contributed by atoms with Crippen molar-refractivity contribution in [1.82, 2.24) is 25.2 Å². The lowest BCUT2D eigenvalue weighted by Crippen LogP contribution is -2.50. The number of nitriles is 1. The molecule has 11 heteroatoms. The number of carbonyl (C=O) groups excluding carboxylic acids is 1. The van der Waals surface area contributed by atoms with Gasteiger partial charge < -0.3 is 15.5 Å². The predicted octanol–water partition coefficient (Wildman–Crippen LogP) is -0.513. The highest BCUT2D eigenvalue weighted by Crippen LogP contribution is 2.28. The first-order valence-electron chi connectivity index (χ1n) is 9.53. The lowest BCUT2D eigenvalue weighted by Gasteiger charge is -2.33. The van der Waals surface area contributed by atoms with Crippen LogP contribution in [0.5, 0.6) is 0 Å². The first-order valence-corrected chi connectivity index (χ1v) is 11.0. The Kier molecular flexibility index (Phi) is 6.79. The quantitative estimate of drug-likeness (QED) is 0.561. The molecule has 2 fully saturated rings. The number of piperidine rings is 1. The molecule has 29 heavy (non-hydrogen) atoms. The zero-order chi connectivity index (χ0) is 21.0. The summed E-state index contributed by atoms with van der Waals surface area (Å²) in [6.07, 6.45) is 1.07. The highest BCUT2D eigenvalue weighted by Gasteiger charge is 2.36. The Morgan fingerprint density at radius 2 is 2.31 bits per heavy atom. The van der Waals surface area contributed by atoms with Gasteiger partial charge in [-0.15, -0.1) is 0 Å². The van der Waals surface area contributed by atoms with E-state index in [1.165, 1.54) is 18.0 Å². The van der Waals surface area contributed by atoms with Gasteiger partial charge in [0.2, 0.25) is 15.9 Å². The lowest BCUT2D eigenvalue weighted by atomic mass is 9.90. The van der Waals surface area contributed by atoms with Gasteiger partial charge in [0.05, 0.1) is 24.9 Å². The number of sulfonamides is 1. The fraction of sp³-hybridized carbons (Fsp3) is 0.611. The summed E-state index contributed by atoms with van der Waals surface area (Å²) in [5.74, 6) is -0.604. The van der Waals surface area contributed by atoms with Crippen molar-refractivity contribution in [2.75, 3.05) is 33.2 Å². The number of rotatable bonds is 6. The Balaban J connectivity index is 1.75. The number of alkyl halides is 1. The van der Waals surface area contributed by atoms with E-state index in [-0.39, 0.29) is 42.3 Å². The van der Waals surface area contributed by atoms with Crippen LogP contribution in [0.15, 0.2) is 23.2 Å². The summed E-state index contributed by atoms with van der Waals surface area (Å²) in [5, 5.41) is 15.6. The summed E-state index contributed by atoms with van der Waals surface area (Å²) >= 11 is 0. The maximum Gasteiger partial charge on any atom is 0.242 e. The first-order chi connectivity index (χ1) is 13.9. The van der Waals surface area contributed by atoms with Gasteiger partial charge in [-0.2, -0.15) is 5.26 Å². The second kappa shape index (κ2) is 9.13. The molecule has 9 nitrogen and oxygen atoms in total. The number of nitrogens with one attached hydrogen (secondary N) is 3. The smallest absolute Gasteiger partial charge is 0.242 e. The highest BCUT2D eigenvalue weighted by molar-refractivity contribution is 7.89. The molecule has 1 aromatic heterocycles. The van der Waals surface area contributed by atoms with Crippen LogP contribution < -0.4 is 15.4 Å². The third-order valence-electron chi connectivity index (χ3n) is 5.43. The van der Waals surface area contributed by atoms with Crippen molar-refractivity contribution >= 4 is 15.9 Å². The van der Waals surface area contributed by atoms with Crippen LogP contribution in [0.4, 0.5) is 4.39 Å². The average Bonchev–Trinajstić information content (AvgIpc) is 3.13. The minimum absolute atomic E-state index is 0.0391. The number of likely N-dealkylation sites (tertiary alicyclic amines) is 1. The van der Waals surface area contributed by atoms with Crippen LogP contribution in [0.3, 0.4) is 0 Å². The Morgan fingerprint density at radius 3 is 3.03 bits per heavy atom. The van der Waals surface area contributed by atoms with Gasteiger partial charge >= 0.3 is 0 Å². The summed E-state index contributed by atoms with van der Waals surface area (Å²) in [6.45, 7) is 1.10. The van der Waals surface area contributed by atoms with Crippen LogP contribution in [0, 0.1) is 11.3 Å². The molecule has 158 valence electrons. The molecule has 2 saturated heterocycles. The Labute approximate surface area is 169 Å². The van der Waals surface area contributed by atoms with E-state index in [4.69, 9.17) is 5.26 Å². The fourth-order valence-electron chi connectivity index (χ4n) is 3.91. The second-order valence-electron chi connectivity index (χ2n) is 7.21. The Hall–Kier alpha value is -2.13. The van der Waals surface area contributed by atoms with Gasteiger partial charge in [0.25, 0.3) is 0 Å². The highest BCUT2D eigenvalue weighted by atomic mass is 32.2. The van der Waals surface area contributed by atoms with Gasteiger partial charge in [-0.1, -0.05) is 0 Å². The van der Waals surface area contributed by atoms with E-state index in [0.717, 1.165) is 0 Å². The maximum atomic E-state index is 13.6. The monoisotopic (exact) mass is 424 g/mol. The summed E-state index contributed by atoms with van der Waals surface area (Å²) in [4.78, 5) is 18.2. The average molecular weight is 425 g/mol. The SMILES string of the molecule is CNS(=O)(=O)c1cccnc1[C@H]1CNCC[C@@H]1NCC(=O)N1C[C@@H](F)C[C@H]1C#N. The van der Waals surface area contributed by atoms with E-state index < -0.39 is 22.2 Å². The van der Waals surface area contributed by atoms with Gasteiger partial charge in [-0.3, -0.25) is 9.78 Å². The molecule has 0 aliphatic carbocycles. The molecular weight excluding hydrogens is 399 g/mol. The van der Waals surface area contributed by atoms with E-state index in [2.05, 4.69) is 20.3 Å². The van der Waals surface area contributed by atoms with Crippen LogP contribution in [-0.2, 0) is 14.8 Å². The maximum absolute atomic E-state index is 13.6. The summed E-state index contributed by atoms with van der Waals surface area (Å²) in [5.41, 5.74) is 0.430. The van der Waals surface area contributed by atoms with Gasteiger partial charge in [-0.25, -0.2) is 17.5 Å². The third-order valence-corrected chi connectivity index (χ3v) is 6.89. The minimum atomic E-state index is -3.68. The number of amides is 1. The Morgan fingerprint density at radius 1 is 1.52 bits per heavy atom. The van der Waals surface area contributed by atoms with E-state index >= 15 is 0 Å². The summed E-state index contributed by atoms with van der Waals surface area (Å²) in [7, 11) is -2.34. The van der Waals surface area contributed by atoms with Gasteiger partial charge in [0.1, 0.15) is 17.1 Å². The normalized spacial score (nSPS) is 27.6. The minimum Gasteiger partial charge on any atom is -0.323 e. The molecular formula is C18H25FN6O3S. The molecule has 2 aliphatic heterocycles. The van der Waals surface area contributed by atoms with Gasteiger partial charge in [0.15, 0.2) is 0 Å². The lowest BCUT2D eigenvalue weighted by molar-refractivity contribution is -0.130. The Bertz CT molecular complexity index is 890. The first kappa shape index (κ1) is 21.6. The number of halogens is 1. The number of pyridine rings is 1. The largest absolute Gasteiger partial charge is 0.323 e. The standard InChI is InChI=1S/C18H25FN6O3S/c1-21-29(27,28)16-3-2-5-23-18(16)14-9-22-6-4-15(14)24-10-17(26)25-11-12(19)7-13(25)8-20/h2-3,5,12-15,21-22,24H,4,6-7,9-11H2,1H3/t12-,13-,14-,15-/m0/s1. The van der Waals surface area contributed by atoms with Crippen LogP contribution >= 0.6 is 0 Å². The van der Waals surface area contributed by atoms with Crippen molar-refractivity contribution in [3.05, 3.63) is 24.0 Å². The van der Waals surface area contributed by atoms with Crippen molar-refractivity contribution in [3.63, 3.8) is 0 Å². The van der Waals surface area contributed by atoms with Gasteiger partial charge in [-0.05, 0) is 32.1 Å². The topological polar surface area (TPSA) is 127 Å². The van der Waals surface area contributed by atoms with E-state index in [1.54, 1.807) is 12.3 Å². The molecule has 2 aliphatic rings. The molecule has 0 bridgehead atoms. The van der Waals surface area contributed by atoms with Crippen molar-refractivity contribution < 1.29 is 17.6 Å². The molecule has 0 saturated carbocycles. The molecule has 0 aromatic carbocycles. The summed E-state index contributed by atoms with van der Waals surface area (Å²) < 4.78 is 40.7. The molecule has 3 N–H and O–H groups in total. The molecule has 0 spiro atoms. The van der Waals surface area contributed by atoms with Crippen molar-refractivity contribution in [1.29, 1.82) is 5.26 Å². The van der Waals surface area contributed by atoms with Crippen molar-refractivity contribution in [2.24, 2.45) is 0 Å². The molecule has 1 amide bonds. The van der Waals surface area contributed by atoms with Crippen LogP contribution in [0.1, 0.15) is 24.5 Å². The fourth-order valence-corrected chi connectivity index (χ4v) is 4.87. The third kappa shape index (κ3) is 4.72. The number of hydrogen-bond acceptors (Lipinski definition) is 7. The number of hydrogen-bond donors (Lipinski definition) is 3. The zero-order valence-corrected chi connectivity index (χ0v) is 17.0. The summed E-state index contributed by atoms with van der Waals surface area (Å²) in [6, 6.07) is 4.11. The van der Waals surface area contributed by atoms with Crippen LogP contribution in [0.25, 0.3) is 0 Å². The zero-order valence-electron chi connectivity index (χ0n) is 16.1. The molecule has 0 unspecified atom stereocenters. The van der Waals surface area contributed by atoms with Crippen LogP contribution in [0.2, 0.25) is 0 Å². The number of nitrogens with zero attached hydrogens (tertiary/aromatic N) is 3. The van der Waals surface area contributed by atoms with E-state index in [0.29, 0.717) is 25.2 Å². The predicted molar refractivity (Wildman–Crippen MR) is 103 cm³/mol. The number of carbonyl (C=O) groups is 1. The van der Waals surface area contributed by atoms with E-state index in [9.17, 15) is 17.6 Å². The molecule has 3 heterocycles. The molecule has 0 radical (unpaired) electrons. The molecule has 1 aromatic rings. The number of aromatic nitrogens is 1. The van der Waals surface area contributed by atoms with E-state index in [1.807, 2.05) is 6.07 Å². The molecule has 4 atom stereocenters.